The zero-order chi connectivity index (χ0) is 18.9. The predicted octanol–water partition coefficient (Wildman–Crippen LogP) is 3.76. The van der Waals surface area contributed by atoms with Crippen LogP contribution in [0.4, 0.5) is 5.82 Å². The van der Waals surface area contributed by atoms with Crippen molar-refractivity contribution < 1.29 is 4.79 Å². The second-order valence-corrected chi connectivity index (χ2v) is 6.49. The van der Waals surface area contributed by atoms with Crippen LogP contribution in [0.25, 0.3) is 0 Å². The van der Waals surface area contributed by atoms with Gasteiger partial charge in [0.05, 0.1) is 0 Å². The van der Waals surface area contributed by atoms with Crippen LogP contribution in [0.5, 0.6) is 0 Å². The fourth-order valence-electron chi connectivity index (χ4n) is 2.80. The number of carbonyl (C=O) groups excluding carboxylic acids is 1. The van der Waals surface area contributed by atoms with Gasteiger partial charge in [-0.25, -0.2) is 0 Å². The summed E-state index contributed by atoms with van der Waals surface area (Å²) < 4.78 is 0. The Hall–Kier alpha value is -3.21. The maximum atomic E-state index is 12.2. The smallest absolute Gasteiger partial charge is 0.272 e. The van der Waals surface area contributed by atoms with Crippen LogP contribution in [0.1, 0.15) is 33.6 Å². The number of anilines is 1. The molecular weight excluding hydrogens is 336 g/mol. The number of carbonyl (C=O) groups is 1. The third-order valence-electron chi connectivity index (χ3n) is 4.22. The van der Waals surface area contributed by atoms with E-state index in [9.17, 15) is 4.79 Å². The first-order valence-corrected chi connectivity index (χ1v) is 9.16. The summed E-state index contributed by atoms with van der Waals surface area (Å²) in [5.74, 6) is 0.456. The van der Waals surface area contributed by atoms with Crippen molar-refractivity contribution in [3.63, 3.8) is 0 Å². The van der Waals surface area contributed by atoms with Gasteiger partial charge in [-0.3, -0.25) is 4.79 Å². The van der Waals surface area contributed by atoms with Crippen LogP contribution in [-0.4, -0.2) is 22.6 Å². The van der Waals surface area contributed by atoms with Gasteiger partial charge in [0.25, 0.3) is 5.91 Å². The quantitative estimate of drug-likeness (QED) is 0.600. The van der Waals surface area contributed by atoms with E-state index >= 15 is 0 Å². The summed E-state index contributed by atoms with van der Waals surface area (Å²) in [5.41, 5.74) is 3.88. The molecule has 1 heterocycles. The van der Waals surface area contributed by atoms with Crippen molar-refractivity contribution in [1.82, 2.24) is 15.5 Å². The van der Waals surface area contributed by atoms with Crippen LogP contribution in [0.2, 0.25) is 0 Å². The fraction of sp³-hybridized carbons (Fsp3) is 0.227. The molecule has 0 spiro atoms. The fourth-order valence-corrected chi connectivity index (χ4v) is 2.80. The van der Waals surface area contributed by atoms with Gasteiger partial charge in [-0.2, -0.15) is 0 Å². The first-order chi connectivity index (χ1) is 13.2. The topological polar surface area (TPSA) is 66.9 Å². The Bertz CT molecular complexity index is 863. The summed E-state index contributed by atoms with van der Waals surface area (Å²) >= 11 is 0. The minimum atomic E-state index is -0.223. The molecule has 1 amide bonds. The van der Waals surface area contributed by atoms with Crippen LogP contribution >= 0.6 is 0 Å². The number of nitrogens with one attached hydrogen (secondary N) is 2. The van der Waals surface area contributed by atoms with Crippen LogP contribution in [0.3, 0.4) is 0 Å². The summed E-state index contributed by atoms with van der Waals surface area (Å²) in [7, 11) is 0. The zero-order valence-corrected chi connectivity index (χ0v) is 15.5. The van der Waals surface area contributed by atoms with Gasteiger partial charge in [0.2, 0.25) is 0 Å². The van der Waals surface area contributed by atoms with Gasteiger partial charge in [0, 0.05) is 13.1 Å². The molecule has 1 aromatic heterocycles. The molecular formula is C22H24N4O. The van der Waals surface area contributed by atoms with Crippen molar-refractivity contribution in [3.05, 3.63) is 89.1 Å². The van der Waals surface area contributed by atoms with Gasteiger partial charge >= 0.3 is 0 Å². The van der Waals surface area contributed by atoms with E-state index in [-0.39, 0.29) is 5.91 Å². The largest absolute Gasteiger partial charge is 0.369 e. The normalized spacial score (nSPS) is 10.4. The average Bonchev–Trinajstić information content (AvgIpc) is 2.71. The SMILES string of the molecule is Cc1cccc(CNC(=O)c2ccc(NCCCc3ccccc3)nn2)c1. The molecule has 3 aromatic rings. The lowest BCUT2D eigenvalue weighted by molar-refractivity contribution is 0.0945. The molecule has 0 bridgehead atoms. The number of benzene rings is 2. The molecule has 0 saturated heterocycles. The summed E-state index contributed by atoms with van der Waals surface area (Å²) in [6, 6.07) is 21.9. The highest BCUT2D eigenvalue weighted by molar-refractivity contribution is 5.92. The Morgan fingerprint density at radius 2 is 1.74 bits per heavy atom. The Morgan fingerprint density at radius 3 is 2.48 bits per heavy atom. The van der Waals surface area contributed by atoms with Crippen molar-refractivity contribution in [3.8, 4) is 0 Å². The third-order valence-corrected chi connectivity index (χ3v) is 4.22. The first kappa shape index (κ1) is 18.6. The maximum Gasteiger partial charge on any atom is 0.272 e. The molecule has 3 rings (SSSR count). The summed E-state index contributed by atoms with van der Waals surface area (Å²) in [6.07, 6.45) is 2.02. The van der Waals surface area contributed by atoms with Crippen molar-refractivity contribution in [2.45, 2.75) is 26.3 Å². The molecule has 2 aromatic carbocycles. The van der Waals surface area contributed by atoms with Crippen LogP contribution in [0.15, 0.2) is 66.7 Å². The number of rotatable bonds is 8. The van der Waals surface area contributed by atoms with E-state index in [1.165, 1.54) is 11.1 Å². The number of hydrogen-bond acceptors (Lipinski definition) is 4. The monoisotopic (exact) mass is 360 g/mol. The molecule has 27 heavy (non-hydrogen) atoms. The molecule has 0 saturated carbocycles. The average molecular weight is 360 g/mol. The van der Waals surface area contributed by atoms with Crippen LogP contribution in [0, 0.1) is 6.92 Å². The minimum absolute atomic E-state index is 0.223. The van der Waals surface area contributed by atoms with E-state index in [1.807, 2.05) is 31.2 Å². The summed E-state index contributed by atoms with van der Waals surface area (Å²) in [6.45, 7) is 3.31. The van der Waals surface area contributed by atoms with E-state index in [0.717, 1.165) is 24.9 Å². The lowest BCUT2D eigenvalue weighted by Crippen LogP contribution is -2.24. The lowest BCUT2D eigenvalue weighted by atomic mass is 10.1. The molecule has 0 aliphatic heterocycles. The second kappa shape index (κ2) is 9.48. The molecule has 5 heteroatoms. The van der Waals surface area contributed by atoms with Crippen molar-refractivity contribution >= 4 is 11.7 Å². The second-order valence-electron chi connectivity index (χ2n) is 6.49. The Balaban J connectivity index is 1.43. The van der Waals surface area contributed by atoms with E-state index in [4.69, 9.17) is 0 Å². The molecule has 138 valence electrons. The van der Waals surface area contributed by atoms with Crippen molar-refractivity contribution in [2.24, 2.45) is 0 Å². The number of hydrogen-bond donors (Lipinski definition) is 2. The third kappa shape index (κ3) is 5.92. The van der Waals surface area contributed by atoms with Crippen LogP contribution in [-0.2, 0) is 13.0 Å². The number of aromatic nitrogens is 2. The predicted molar refractivity (Wildman–Crippen MR) is 108 cm³/mol. The Morgan fingerprint density at radius 1 is 0.926 bits per heavy atom. The highest BCUT2D eigenvalue weighted by atomic mass is 16.1. The van der Waals surface area contributed by atoms with E-state index < -0.39 is 0 Å². The van der Waals surface area contributed by atoms with Crippen LogP contribution < -0.4 is 10.6 Å². The highest BCUT2D eigenvalue weighted by Crippen LogP contribution is 2.06. The molecule has 0 aliphatic carbocycles. The van der Waals surface area contributed by atoms with E-state index in [2.05, 4.69) is 51.2 Å². The summed E-state index contributed by atoms with van der Waals surface area (Å²) in [4.78, 5) is 12.2. The van der Waals surface area contributed by atoms with Gasteiger partial charge in [0.1, 0.15) is 5.82 Å². The minimum Gasteiger partial charge on any atom is -0.369 e. The first-order valence-electron chi connectivity index (χ1n) is 9.16. The standard InChI is InChI=1S/C22H24N4O/c1-17-7-5-10-19(15-17)16-24-22(27)20-12-13-21(26-25-20)23-14-6-11-18-8-3-2-4-9-18/h2-5,7-10,12-13,15H,6,11,14,16H2,1H3,(H,23,26)(H,24,27). The van der Waals surface area contributed by atoms with Crippen molar-refractivity contribution in [1.29, 1.82) is 0 Å². The van der Waals surface area contributed by atoms with E-state index in [0.29, 0.717) is 18.1 Å². The molecule has 0 unspecified atom stereocenters. The highest BCUT2D eigenvalue weighted by Gasteiger charge is 2.08. The lowest BCUT2D eigenvalue weighted by Gasteiger charge is -2.07. The molecule has 0 aliphatic rings. The Kier molecular flexibility index (Phi) is 6.52. The maximum absolute atomic E-state index is 12.2. The van der Waals surface area contributed by atoms with Gasteiger partial charge in [0.15, 0.2) is 5.69 Å². The van der Waals surface area contributed by atoms with Gasteiger partial charge in [-0.1, -0.05) is 60.2 Å². The zero-order valence-electron chi connectivity index (χ0n) is 15.5. The molecule has 0 atom stereocenters. The molecule has 0 fully saturated rings. The number of nitrogens with zero attached hydrogens (tertiary/aromatic N) is 2. The molecule has 5 nitrogen and oxygen atoms in total. The summed E-state index contributed by atoms with van der Waals surface area (Å²) in [5, 5.41) is 14.2. The number of aryl methyl sites for hydroxylation is 2. The Labute approximate surface area is 159 Å². The van der Waals surface area contributed by atoms with E-state index in [1.54, 1.807) is 12.1 Å². The molecule has 0 radical (unpaired) electrons. The van der Waals surface area contributed by atoms with Gasteiger partial charge in [-0.05, 0) is 43.0 Å². The van der Waals surface area contributed by atoms with Crippen molar-refractivity contribution in [2.75, 3.05) is 11.9 Å². The van der Waals surface area contributed by atoms with Gasteiger partial charge < -0.3 is 10.6 Å². The molecule has 2 N–H and O–H groups in total. The number of amides is 1. The van der Waals surface area contributed by atoms with Gasteiger partial charge in [-0.15, -0.1) is 10.2 Å².